The Bertz CT molecular complexity index is 812. The number of likely N-dealkylation sites (N-methyl/N-ethyl adjacent to an activating group) is 1. The van der Waals surface area contributed by atoms with Gasteiger partial charge in [-0.3, -0.25) is 4.79 Å². The molecule has 3 aromatic rings. The molecule has 0 saturated carbocycles. The molecule has 0 aliphatic heterocycles. The maximum atomic E-state index is 12.3. The third-order valence-corrected chi connectivity index (χ3v) is 4.65. The summed E-state index contributed by atoms with van der Waals surface area (Å²) in [6.45, 7) is 3.03. The number of fused-ring (bicyclic) bond motifs is 1. The topological polar surface area (TPSA) is 51.7 Å². The summed E-state index contributed by atoms with van der Waals surface area (Å²) in [5.74, 6) is 1.34. The van der Waals surface area contributed by atoms with Gasteiger partial charge < -0.3 is 14.4 Å². The first-order valence-electron chi connectivity index (χ1n) is 8.10. The second-order valence-corrected chi connectivity index (χ2v) is 6.63. The van der Waals surface area contributed by atoms with Crippen LogP contribution in [0, 0.1) is 0 Å². The van der Waals surface area contributed by atoms with Gasteiger partial charge in [0.05, 0.1) is 23.4 Å². The molecule has 5 nitrogen and oxygen atoms in total. The highest BCUT2D eigenvalue weighted by Crippen LogP contribution is 2.22. The summed E-state index contributed by atoms with van der Waals surface area (Å²) in [4.78, 5) is 18.4. The van der Waals surface area contributed by atoms with E-state index >= 15 is 0 Å². The molecule has 0 unspecified atom stereocenters. The Labute approximate surface area is 150 Å². The van der Waals surface area contributed by atoms with E-state index in [-0.39, 0.29) is 12.5 Å². The van der Waals surface area contributed by atoms with Gasteiger partial charge in [0.1, 0.15) is 16.5 Å². The van der Waals surface area contributed by atoms with E-state index in [0.29, 0.717) is 18.9 Å². The van der Waals surface area contributed by atoms with E-state index in [1.165, 1.54) is 0 Å². The third kappa shape index (κ3) is 4.48. The standard InChI is InChI=1S/C19H20N2O3S/c1-3-23-14-8-10-15(11-9-14)24-13-19(22)21(2)12-18-20-16-6-4-5-7-17(16)25-18/h4-11H,3,12-13H2,1-2H3. The molecule has 0 saturated heterocycles. The summed E-state index contributed by atoms with van der Waals surface area (Å²) in [5.41, 5.74) is 0.967. The fourth-order valence-corrected chi connectivity index (χ4v) is 3.35. The van der Waals surface area contributed by atoms with Crippen LogP contribution in [-0.4, -0.2) is 36.1 Å². The molecule has 25 heavy (non-hydrogen) atoms. The normalized spacial score (nSPS) is 10.6. The Hall–Kier alpha value is -2.60. The minimum Gasteiger partial charge on any atom is -0.494 e. The molecule has 1 amide bonds. The molecule has 130 valence electrons. The predicted octanol–water partition coefficient (Wildman–Crippen LogP) is 3.73. The lowest BCUT2D eigenvalue weighted by atomic mass is 10.3. The van der Waals surface area contributed by atoms with Gasteiger partial charge in [0.25, 0.3) is 5.91 Å². The van der Waals surface area contributed by atoms with Crippen LogP contribution in [0.15, 0.2) is 48.5 Å². The van der Waals surface area contributed by atoms with Crippen LogP contribution in [0.25, 0.3) is 10.2 Å². The van der Waals surface area contributed by atoms with E-state index in [4.69, 9.17) is 9.47 Å². The van der Waals surface area contributed by atoms with Crippen molar-refractivity contribution in [3.8, 4) is 11.5 Å². The molecule has 0 bridgehead atoms. The van der Waals surface area contributed by atoms with E-state index in [1.807, 2.05) is 43.3 Å². The van der Waals surface area contributed by atoms with E-state index in [1.54, 1.807) is 35.4 Å². The summed E-state index contributed by atoms with van der Waals surface area (Å²) < 4.78 is 12.1. The summed E-state index contributed by atoms with van der Waals surface area (Å²) >= 11 is 1.60. The molecule has 0 spiro atoms. The number of nitrogens with zero attached hydrogens (tertiary/aromatic N) is 2. The molecule has 1 aromatic heterocycles. The lowest BCUT2D eigenvalue weighted by molar-refractivity contribution is -0.132. The summed E-state index contributed by atoms with van der Waals surface area (Å²) in [5, 5.41) is 0.915. The first kappa shape index (κ1) is 17.2. The number of hydrogen-bond acceptors (Lipinski definition) is 5. The predicted molar refractivity (Wildman–Crippen MR) is 99.2 cm³/mol. The van der Waals surface area contributed by atoms with Crippen LogP contribution >= 0.6 is 11.3 Å². The highest BCUT2D eigenvalue weighted by molar-refractivity contribution is 7.18. The van der Waals surface area contributed by atoms with Crippen molar-refractivity contribution < 1.29 is 14.3 Å². The Morgan fingerprint density at radius 3 is 2.44 bits per heavy atom. The number of benzene rings is 2. The zero-order chi connectivity index (χ0) is 17.6. The number of ether oxygens (including phenoxy) is 2. The minimum atomic E-state index is -0.0897. The van der Waals surface area contributed by atoms with Crippen molar-refractivity contribution in [1.82, 2.24) is 9.88 Å². The van der Waals surface area contributed by atoms with Crippen molar-refractivity contribution in [2.45, 2.75) is 13.5 Å². The Morgan fingerprint density at radius 2 is 1.76 bits per heavy atom. The van der Waals surface area contributed by atoms with Gasteiger partial charge in [-0.15, -0.1) is 11.3 Å². The lowest BCUT2D eigenvalue weighted by Crippen LogP contribution is -2.30. The van der Waals surface area contributed by atoms with Gasteiger partial charge in [0.15, 0.2) is 6.61 Å². The van der Waals surface area contributed by atoms with Crippen LogP contribution in [0.1, 0.15) is 11.9 Å². The van der Waals surface area contributed by atoms with Crippen LogP contribution in [0.2, 0.25) is 0 Å². The number of hydrogen-bond donors (Lipinski definition) is 0. The quantitative estimate of drug-likeness (QED) is 0.647. The minimum absolute atomic E-state index is 0.00459. The Balaban J connectivity index is 1.53. The Morgan fingerprint density at radius 1 is 1.08 bits per heavy atom. The fourth-order valence-electron chi connectivity index (χ4n) is 2.33. The Kier molecular flexibility index (Phi) is 5.50. The molecule has 1 heterocycles. The van der Waals surface area contributed by atoms with Crippen molar-refractivity contribution in [3.63, 3.8) is 0 Å². The first-order chi connectivity index (χ1) is 12.2. The smallest absolute Gasteiger partial charge is 0.260 e. The van der Waals surface area contributed by atoms with Crippen LogP contribution in [0.3, 0.4) is 0 Å². The number of para-hydroxylation sites is 1. The maximum Gasteiger partial charge on any atom is 0.260 e. The second-order valence-electron chi connectivity index (χ2n) is 5.52. The molecule has 6 heteroatoms. The van der Waals surface area contributed by atoms with Crippen molar-refractivity contribution in [1.29, 1.82) is 0 Å². The summed E-state index contributed by atoms with van der Waals surface area (Å²) in [6.07, 6.45) is 0. The molecule has 0 atom stereocenters. The van der Waals surface area contributed by atoms with E-state index < -0.39 is 0 Å². The largest absolute Gasteiger partial charge is 0.494 e. The van der Waals surface area contributed by atoms with E-state index in [2.05, 4.69) is 4.98 Å². The second kappa shape index (κ2) is 7.98. The van der Waals surface area contributed by atoms with Crippen LogP contribution in [0.5, 0.6) is 11.5 Å². The van der Waals surface area contributed by atoms with Gasteiger partial charge in [-0.05, 0) is 43.3 Å². The highest BCUT2D eigenvalue weighted by atomic mass is 32.1. The molecular weight excluding hydrogens is 336 g/mol. The van der Waals surface area contributed by atoms with Crippen LogP contribution in [-0.2, 0) is 11.3 Å². The maximum absolute atomic E-state index is 12.3. The van der Waals surface area contributed by atoms with Gasteiger partial charge in [-0.1, -0.05) is 12.1 Å². The number of thiazole rings is 1. The zero-order valence-corrected chi connectivity index (χ0v) is 15.1. The molecule has 3 rings (SSSR count). The SMILES string of the molecule is CCOc1ccc(OCC(=O)N(C)Cc2nc3ccccc3s2)cc1. The third-order valence-electron chi connectivity index (χ3n) is 3.63. The average molecular weight is 356 g/mol. The highest BCUT2D eigenvalue weighted by Gasteiger charge is 2.13. The van der Waals surface area contributed by atoms with Gasteiger partial charge in [-0.25, -0.2) is 4.98 Å². The van der Waals surface area contributed by atoms with E-state index in [0.717, 1.165) is 21.0 Å². The fraction of sp³-hybridized carbons (Fsp3) is 0.263. The number of carbonyl (C=O) groups is 1. The molecular formula is C19H20N2O3S. The monoisotopic (exact) mass is 356 g/mol. The van der Waals surface area contributed by atoms with E-state index in [9.17, 15) is 4.79 Å². The van der Waals surface area contributed by atoms with Crippen molar-refractivity contribution in [2.24, 2.45) is 0 Å². The number of rotatable bonds is 7. The van der Waals surface area contributed by atoms with Crippen molar-refractivity contribution in [3.05, 3.63) is 53.5 Å². The summed E-state index contributed by atoms with van der Waals surface area (Å²) in [6, 6.07) is 15.2. The molecule has 0 aliphatic carbocycles. The molecule has 0 aliphatic rings. The number of carbonyl (C=O) groups excluding carboxylic acids is 1. The molecule has 2 aromatic carbocycles. The van der Waals surface area contributed by atoms with Gasteiger partial charge in [0, 0.05) is 7.05 Å². The van der Waals surface area contributed by atoms with Crippen LogP contribution in [0.4, 0.5) is 0 Å². The summed E-state index contributed by atoms with van der Waals surface area (Å²) in [7, 11) is 1.76. The molecule has 0 radical (unpaired) electrons. The van der Waals surface area contributed by atoms with Gasteiger partial charge in [0.2, 0.25) is 0 Å². The van der Waals surface area contributed by atoms with Crippen molar-refractivity contribution in [2.75, 3.05) is 20.3 Å². The zero-order valence-electron chi connectivity index (χ0n) is 14.3. The first-order valence-corrected chi connectivity index (χ1v) is 8.91. The lowest BCUT2D eigenvalue weighted by Gasteiger charge is -2.16. The van der Waals surface area contributed by atoms with Crippen molar-refractivity contribution >= 4 is 27.5 Å². The molecule has 0 fully saturated rings. The molecule has 0 N–H and O–H groups in total. The number of amides is 1. The number of aromatic nitrogens is 1. The van der Waals surface area contributed by atoms with Crippen LogP contribution < -0.4 is 9.47 Å². The van der Waals surface area contributed by atoms with Gasteiger partial charge >= 0.3 is 0 Å². The van der Waals surface area contributed by atoms with Gasteiger partial charge in [-0.2, -0.15) is 0 Å². The average Bonchev–Trinajstić information content (AvgIpc) is 3.03.